The van der Waals surface area contributed by atoms with Gasteiger partial charge in [0.15, 0.2) is 15.6 Å². The van der Waals surface area contributed by atoms with E-state index in [1.807, 2.05) is 0 Å². The van der Waals surface area contributed by atoms with Crippen LogP contribution in [0.3, 0.4) is 0 Å². The van der Waals surface area contributed by atoms with Gasteiger partial charge >= 0.3 is 5.97 Å². The molecule has 1 aromatic carbocycles. The van der Waals surface area contributed by atoms with Gasteiger partial charge in [-0.15, -0.1) is 11.8 Å². The molecule has 0 amide bonds. The molecular weight excluding hydrogens is 286 g/mol. The molecule has 1 N–H and O–H groups in total. The summed E-state index contributed by atoms with van der Waals surface area (Å²) in [5, 5.41) is 3.05. The summed E-state index contributed by atoms with van der Waals surface area (Å²) in [5.41, 5.74) is 0.568. The van der Waals surface area contributed by atoms with Crippen LogP contribution in [0.15, 0.2) is 23.1 Å². The molecule has 1 aromatic rings. The Labute approximate surface area is 117 Å². The van der Waals surface area contributed by atoms with Gasteiger partial charge in [-0.2, -0.15) is 0 Å². The van der Waals surface area contributed by atoms with Crippen molar-refractivity contribution in [3.8, 4) is 5.75 Å². The van der Waals surface area contributed by atoms with Crippen molar-refractivity contribution in [1.29, 1.82) is 0 Å². The highest BCUT2D eigenvalue weighted by Crippen LogP contribution is 2.30. The molecule has 0 aromatic heterocycles. The lowest BCUT2D eigenvalue weighted by Crippen LogP contribution is -2.44. The SMILES string of the molecule is Cc1cccc(OC(=O)C2(C)NCCS2)c1[SH](=O)=O. The summed E-state index contributed by atoms with van der Waals surface area (Å²) in [5.74, 6) is 0.442. The molecule has 1 unspecified atom stereocenters. The topological polar surface area (TPSA) is 72.5 Å². The predicted molar refractivity (Wildman–Crippen MR) is 74.3 cm³/mol. The van der Waals surface area contributed by atoms with Crippen LogP contribution in [0.4, 0.5) is 0 Å². The Bertz CT molecular complexity index is 569. The Morgan fingerprint density at radius 2 is 2.21 bits per heavy atom. The number of aryl methyl sites for hydroxylation is 1. The number of benzene rings is 1. The molecule has 0 spiro atoms. The fraction of sp³-hybridized carbons (Fsp3) is 0.417. The molecule has 0 aliphatic carbocycles. The van der Waals surface area contributed by atoms with Crippen LogP contribution >= 0.6 is 11.8 Å². The van der Waals surface area contributed by atoms with Gasteiger partial charge in [-0.05, 0) is 25.5 Å². The Morgan fingerprint density at radius 3 is 2.79 bits per heavy atom. The summed E-state index contributed by atoms with van der Waals surface area (Å²) in [7, 11) is -2.80. The van der Waals surface area contributed by atoms with Crippen LogP contribution in [0, 0.1) is 6.92 Å². The number of esters is 1. The normalized spacial score (nSPS) is 22.7. The summed E-state index contributed by atoms with van der Waals surface area (Å²) >= 11 is 1.45. The van der Waals surface area contributed by atoms with Crippen molar-refractivity contribution in [2.45, 2.75) is 23.6 Å². The number of carbonyl (C=O) groups is 1. The highest BCUT2D eigenvalue weighted by molar-refractivity contribution is 8.01. The maximum absolute atomic E-state index is 12.1. The van der Waals surface area contributed by atoms with E-state index in [-0.39, 0.29) is 10.6 Å². The molecule has 19 heavy (non-hydrogen) atoms. The van der Waals surface area contributed by atoms with Crippen molar-refractivity contribution in [2.24, 2.45) is 0 Å². The number of hydrogen-bond donors (Lipinski definition) is 2. The fourth-order valence-corrected chi connectivity index (χ4v) is 3.51. The van der Waals surface area contributed by atoms with Crippen molar-refractivity contribution in [2.75, 3.05) is 12.3 Å². The van der Waals surface area contributed by atoms with Crippen LogP contribution in [-0.2, 0) is 15.5 Å². The van der Waals surface area contributed by atoms with Gasteiger partial charge in [0.2, 0.25) is 0 Å². The Hall–Kier alpha value is -1.05. The quantitative estimate of drug-likeness (QED) is 0.491. The number of ether oxygens (including phenoxy) is 1. The first-order valence-electron chi connectivity index (χ1n) is 5.79. The second-order valence-electron chi connectivity index (χ2n) is 4.38. The van der Waals surface area contributed by atoms with Crippen molar-refractivity contribution in [3.05, 3.63) is 23.8 Å². The highest BCUT2D eigenvalue weighted by Gasteiger charge is 2.39. The van der Waals surface area contributed by atoms with Gasteiger partial charge in [0.25, 0.3) is 0 Å². The van der Waals surface area contributed by atoms with Gasteiger partial charge in [-0.25, -0.2) is 13.2 Å². The van der Waals surface area contributed by atoms with Gasteiger partial charge in [-0.1, -0.05) is 12.1 Å². The minimum absolute atomic E-state index is 0.0671. The van der Waals surface area contributed by atoms with E-state index >= 15 is 0 Å². The van der Waals surface area contributed by atoms with Crippen LogP contribution in [-0.4, -0.2) is 31.6 Å². The summed E-state index contributed by atoms with van der Waals surface area (Å²) in [6.45, 7) is 4.13. The van der Waals surface area contributed by atoms with Gasteiger partial charge < -0.3 is 4.74 Å². The number of carbonyl (C=O) groups excluding carboxylic acids is 1. The first-order chi connectivity index (χ1) is 8.94. The first kappa shape index (κ1) is 14.4. The van der Waals surface area contributed by atoms with E-state index in [0.717, 1.165) is 12.3 Å². The number of nitrogens with one attached hydrogen (secondary N) is 1. The predicted octanol–water partition coefficient (Wildman–Crippen LogP) is 0.923. The van der Waals surface area contributed by atoms with Gasteiger partial charge in [0, 0.05) is 12.3 Å². The van der Waals surface area contributed by atoms with Crippen molar-refractivity contribution in [3.63, 3.8) is 0 Å². The molecule has 0 radical (unpaired) electrons. The molecule has 1 atom stereocenters. The van der Waals surface area contributed by atoms with Crippen LogP contribution < -0.4 is 10.1 Å². The van der Waals surface area contributed by atoms with Crippen LogP contribution in [0.5, 0.6) is 5.75 Å². The number of hydrogen-bond acceptors (Lipinski definition) is 6. The minimum atomic E-state index is -2.80. The summed E-state index contributed by atoms with van der Waals surface area (Å²) in [4.78, 5) is 11.4. The van der Waals surface area contributed by atoms with Crippen molar-refractivity contribution < 1.29 is 17.9 Å². The molecule has 1 saturated heterocycles. The molecule has 1 aliphatic heterocycles. The third-order valence-electron chi connectivity index (χ3n) is 2.93. The lowest BCUT2D eigenvalue weighted by molar-refractivity contribution is -0.137. The van der Waals surface area contributed by atoms with E-state index in [4.69, 9.17) is 4.74 Å². The second-order valence-corrected chi connectivity index (χ2v) is 6.85. The zero-order valence-electron chi connectivity index (χ0n) is 10.6. The fourth-order valence-electron chi connectivity index (χ4n) is 1.87. The molecule has 1 aliphatic rings. The summed E-state index contributed by atoms with van der Waals surface area (Å²) in [6, 6.07) is 4.83. The smallest absolute Gasteiger partial charge is 0.342 e. The lowest BCUT2D eigenvalue weighted by atomic mass is 10.2. The Morgan fingerprint density at radius 1 is 1.47 bits per heavy atom. The molecule has 5 nitrogen and oxygen atoms in total. The van der Waals surface area contributed by atoms with Crippen molar-refractivity contribution >= 4 is 28.4 Å². The average Bonchev–Trinajstić information content (AvgIpc) is 2.77. The van der Waals surface area contributed by atoms with Gasteiger partial charge in [0.05, 0.1) is 0 Å². The van der Waals surface area contributed by atoms with Crippen LogP contribution in [0.1, 0.15) is 12.5 Å². The van der Waals surface area contributed by atoms with E-state index in [0.29, 0.717) is 5.56 Å². The largest absolute Gasteiger partial charge is 0.423 e. The summed E-state index contributed by atoms with van der Waals surface area (Å²) < 4.78 is 27.8. The minimum Gasteiger partial charge on any atom is -0.423 e. The zero-order valence-corrected chi connectivity index (χ0v) is 12.3. The third-order valence-corrected chi connectivity index (χ3v) is 5.17. The Kier molecular flexibility index (Phi) is 4.17. The van der Waals surface area contributed by atoms with E-state index in [1.165, 1.54) is 17.8 Å². The standard InChI is InChI=1S/C12H15NO4S2/c1-8-4-3-5-9(10(8)19(15)16)17-11(14)12(2)13-6-7-18-12/h3-5,13,19H,6-7H2,1-2H3. The second kappa shape index (κ2) is 5.52. The molecule has 2 rings (SSSR count). The van der Waals surface area contributed by atoms with Crippen molar-refractivity contribution in [1.82, 2.24) is 5.32 Å². The van der Waals surface area contributed by atoms with E-state index in [1.54, 1.807) is 26.0 Å². The zero-order chi connectivity index (χ0) is 14.0. The maximum Gasteiger partial charge on any atom is 0.342 e. The maximum atomic E-state index is 12.1. The molecule has 7 heteroatoms. The first-order valence-corrected chi connectivity index (χ1v) is 7.95. The molecule has 1 fully saturated rings. The van der Waals surface area contributed by atoms with Gasteiger partial charge in [-0.3, -0.25) is 5.32 Å². The van der Waals surface area contributed by atoms with E-state index < -0.39 is 21.5 Å². The molecule has 0 bridgehead atoms. The van der Waals surface area contributed by atoms with Crippen LogP contribution in [0.2, 0.25) is 0 Å². The van der Waals surface area contributed by atoms with E-state index in [2.05, 4.69) is 5.32 Å². The highest BCUT2D eigenvalue weighted by atomic mass is 32.2. The molecule has 104 valence electrons. The third kappa shape index (κ3) is 2.93. The molecule has 1 heterocycles. The molecule has 0 saturated carbocycles. The van der Waals surface area contributed by atoms with E-state index in [9.17, 15) is 13.2 Å². The number of thiol groups is 1. The number of rotatable bonds is 3. The number of thioether (sulfide) groups is 1. The lowest BCUT2D eigenvalue weighted by Gasteiger charge is -2.21. The average molecular weight is 301 g/mol. The van der Waals surface area contributed by atoms with Gasteiger partial charge in [0.1, 0.15) is 10.6 Å². The Balaban J connectivity index is 2.29. The summed E-state index contributed by atoms with van der Waals surface area (Å²) in [6.07, 6.45) is 0. The monoisotopic (exact) mass is 301 g/mol. The van der Waals surface area contributed by atoms with Crippen LogP contribution in [0.25, 0.3) is 0 Å². The molecular formula is C12H15NO4S2.